The van der Waals surface area contributed by atoms with Gasteiger partial charge < -0.3 is 14.8 Å². The molecule has 0 aliphatic carbocycles. The summed E-state index contributed by atoms with van der Waals surface area (Å²) in [6.45, 7) is 3.10. The number of nitrogens with one attached hydrogen (secondary N) is 1. The molecule has 25 heavy (non-hydrogen) atoms. The number of benzene rings is 2. The number of rotatable bonds is 8. The van der Waals surface area contributed by atoms with Crippen LogP contribution in [-0.2, 0) is 9.47 Å². The van der Waals surface area contributed by atoms with E-state index in [-0.39, 0.29) is 12.0 Å². The van der Waals surface area contributed by atoms with E-state index in [1.807, 2.05) is 37.3 Å². The second-order valence-electron chi connectivity index (χ2n) is 5.60. The molecule has 0 aliphatic heterocycles. The highest BCUT2D eigenvalue weighted by atomic mass is 16.5. The third-order valence-corrected chi connectivity index (χ3v) is 3.81. The molecule has 1 amide bonds. The topological polar surface area (TPSA) is 64.6 Å². The number of esters is 1. The van der Waals surface area contributed by atoms with Crippen LogP contribution < -0.4 is 5.32 Å². The fraction of sp³-hybridized carbons (Fsp3) is 0.300. The summed E-state index contributed by atoms with van der Waals surface area (Å²) < 4.78 is 10.4. The molecule has 0 radical (unpaired) electrons. The van der Waals surface area contributed by atoms with Gasteiger partial charge in [0.05, 0.1) is 18.8 Å². The van der Waals surface area contributed by atoms with E-state index in [9.17, 15) is 9.59 Å². The Bertz CT molecular complexity index is 683. The Morgan fingerprint density at radius 2 is 1.64 bits per heavy atom. The van der Waals surface area contributed by atoms with Crippen molar-refractivity contribution in [1.29, 1.82) is 0 Å². The molecule has 0 saturated heterocycles. The van der Waals surface area contributed by atoms with Crippen LogP contribution in [-0.4, -0.2) is 32.1 Å². The fourth-order valence-electron chi connectivity index (χ4n) is 2.33. The maximum absolute atomic E-state index is 12.0. The lowest BCUT2D eigenvalue weighted by Gasteiger charge is -2.13. The lowest BCUT2D eigenvalue weighted by atomic mass is 10.1. The van der Waals surface area contributed by atoms with E-state index >= 15 is 0 Å². The summed E-state index contributed by atoms with van der Waals surface area (Å²) in [6, 6.07) is 16.4. The van der Waals surface area contributed by atoms with E-state index in [2.05, 4.69) is 10.1 Å². The van der Waals surface area contributed by atoms with Crippen molar-refractivity contribution in [3.63, 3.8) is 0 Å². The van der Waals surface area contributed by atoms with Crippen molar-refractivity contribution in [1.82, 2.24) is 5.32 Å². The molecular weight excluding hydrogens is 318 g/mol. The van der Waals surface area contributed by atoms with Gasteiger partial charge in [-0.05, 0) is 43.2 Å². The summed E-state index contributed by atoms with van der Waals surface area (Å²) >= 11 is 0. The minimum absolute atomic E-state index is 0.0303. The summed E-state index contributed by atoms with van der Waals surface area (Å²) in [5, 5.41) is 2.84. The van der Waals surface area contributed by atoms with Gasteiger partial charge in [-0.25, -0.2) is 4.79 Å². The first-order chi connectivity index (χ1) is 12.1. The number of carbonyl (C=O) groups excluding carboxylic acids is 2. The van der Waals surface area contributed by atoms with Crippen molar-refractivity contribution < 1.29 is 19.1 Å². The molecule has 1 atom stereocenters. The van der Waals surface area contributed by atoms with E-state index in [0.717, 1.165) is 12.0 Å². The fourth-order valence-corrected chi connectivity index (χ4v) is 2.33. The van der Waals surface area contributed by atoms with Crippen LogP contribution in [0.4, 0.5) is 0 Å². The number of amides is 1. The maximum Gasteiger partial charge on any atom is 0.337 e. The summed E-state index contributed by atoms with van der Waals surface area (Å²) in [7, 11) is 1.32. The first kappa shape index (κ1) is 18.7. The average molecular weight is 341 g/mol. The van der Waals surface area contributed by atoms with Crippen LogP contribution in [0.5, 0.6) is 0 Å². The van der Waals surface area contributed by atoms with Crippen LogP contribution in [0, 0.1) is 0 Å². The van der Waals surface area contributed by atoms with Crippen LogP contribution in [0.2, 0.25) is 0 Å². The molecule has 132 valence electrons. The summed E-state index contributed by atoms with van der Waals surface area (Å²) in [6.07, 6.45) is 0.756. The molecule has 0 saturated carbocycles. The largest absolute Gasteiger partial charge is 0.465 e. The number of hydrogen-bond donors (Lipinski definition) is 1. The zero-order valence-electron chi connectivity index (χ0n) is 14.5. The van der Waals surface area contributed by atoms with Gasteiger partial charge in [-0.2, -0.15) is 0 Å². The Hall–Kier alpha value is -2.66. The smallest absolute Gasteiger partial charge is 0.337 e. The molecule has 2 aromatic carbocycles. The van der Waals surface area contributed by atoms with Crippen molar-refractivity contribution >= 4 is 11.9 Å². The zero-order valence-corrected chi connectivity index (χ0v) is 14.5. The maximum atomic E-state index is 12.0. The SMILES string of the molecule is COC(=O)c1ccc(C(=O)NCCCOC(C)c2ccccc2)cc1. The van der Waals surface area contributed by atoms with E-state index < -0.39 is 5.97 Å². The molecular formula is C20H23NO4. The van der Waals surface area contributed by atoms with Crippen molar-refractivity contribution in [2.75, 3.05) is 20.3 Å². The summed E-state index contributed by atoms with van der Waals surface area (Å²) in [5.74, 6) is -0.593. The van der Waals surface area contributed by atoms with E-state index in [0.29, 0.717) is 24.3 Å². The third-order valence-electron chi connectivity index (χ3n) is 3.81. The van der Waals surface area contributed by atoms with Gasteiger partial charge >= 0.3 is 5.97 Å². The Labute approximate surface area is 148 Å². The van der Waals surface area contributed by atoms with Gasteiger partial charge in [0.2, 0.25) is 0 Å². The number of methoxy groups -OCH3 is 1. The van der Waals surface area contributed by atoms with Crippen LogP contribution in [0.25, 0.3) is 0 Å². The van der Waals surface area contributed by atoms with E-state index in [1.54, 1.807) is 24.3 Å². The second-order valence-corrected chi connectivity index (χ2v) is 5.60. The first-order valence-electron chi connectivity index (χ1n) is 8.25. The highest BCUT2D eigenvalue weighted by Gasteiger charge is 2.09. The lowest BCUT2D eigenvalue weighted by molar-refractivity contribution is 0.0599. The Morgan fingerprint density at radius 3 is 2.28 bits per heavy atom. The molecule has 2 rings (SSSR count). The van der Waals surface area contributed by atoms with Gasteiger partial charge in [0.15, 0.2) is 0 Å². The van der Waals surface area contributed by atoms with Gasteiger partial charge in [0.25, 0.3) is 5.91 Å². The molecule has 0 fully saturated rings. The minimum atomic E-state index is -0.420. The van der Waals surface area contributed by atoms with Crippen LogP contribution in [0.15, 0.2) is 54.6 Å². The van der Waals surface area contributed by atoms with Crippen molar-refractivity contribution in [3.05, 3.63) is 71.3 Å². The molecule has 1 N–H and O–H groups in total. The Kier molecular flexibility index (Phi) is 7.16. The molecule has 0 spiro atoms. The van der Waals surface area contributed by atoms with Crippen LogP contribution in [0.1, 0.15) is 45.7 Å². The molecule has 0 bridgehead atoms. The highest BCUT2D eigenvalue weighted by molar-refractivity contribution is 5.96. The molecule has 5 heteroatoms. The predicted molar refractivity (Wildman–Crippen MR) is 95.5 cm³/mol. The molecule has 1 unspecified atom stereocenters. The third kappa shape index (κ3) is 5.72. The van der Waals surface area contributed by atoms with Crippen LogP contribution in [0.3, 0.4) is 0 Å². The van der Waals surface area contributed by atoms with Crippen LogP contribution >= 0.6 is 0 Å². The summed E-state index contributed by atoms with van der Waals surface area (Å²) in [4.78, 5) is 23.4. The molecule has 0 aliphatic rings. The van der Waals surface area contributed by atoms with Gasteiger partial charge in [-0.3, -0.25) is 4.79 Å². The average Bonchev–Trinajstić information content (AvgIpc) is 2.67. The quantitative estimate of drug-likeness (QED) is 0.590. The zero-order chi connectivity index (χ0) is 18.1. The monoisotopic (exact) mass is 341 g/mol. The van der Waals surface area contributed by atoms with Crippen molar-refractivity contribution in [2.45, 2.75) is 19.4 Å². The standard InChI is InChI=1S/C20H23NO4/c1-15(16-7-4-3-5-8-16)25-14-6-13-21-19(22)17-9-11-18(12-10-17)20(23)24-2/h3-5,7-12,15H,6,13-14H2,1-2H3,(H,21,22). The molecule has 5 nitrogen and oxygen atoms in total. The molecule has 0 heterocycles. The van der Waals surface area contributed by atoms with E-state index in [4.69, 9.17) is 4.74 Å². The van der Waals surface area contributed by atoms with Gasteiger partial charge in [0.1, 0.15) is 0 Å². The number of ether oxygens (including phenoxy) is 2. The normalized spacial score (nSPS) is 11.6. The predicted octanol–water partition coefficient (Wildman–Crippen LogP) is 3.37. The minimum Gasteiger partial charge on any atom is -0.465 e. The lowest BCUT2D eigenvalue weighted by Crippen LogP contribution is -2.25. The second kappa shape index (κ2) is 9.59. The summed E-state index contributed by atoms with van der Waals surface area (Å²) in [5.41, 5.74) is 2.06. The molecule has 0 aromatic heterocycles. The first-order valence-corrected chi connectivity index (χ1v) is 8.25. The van der Waals surface area contributed by atoms with Gasteiger partial charge in [0, 0.05) is 18.7 Å². The van der Waals surface area contributed by atoms with Crippen molar-refractivity contribution in [2.24, 2.45) is 0 Å². The van der Waals surface area contributed by atoms with Gasteiger partial charge in [-0.1, -0.05) is 30.3 Å². The van der Waals surface area contributed by atoms with E-state index in [1.165, 1.54) is 7.11 Å². The Balaban J connectivity index is 1.69. The number of hydrogen-bond acceptors (Lipinski definition) is 4. The van der Waals surface area contributed by atoms with Gasteiger partial charge in [-0.15, -0.1) is 0 Å². The Morgan fingerprint density at radius 1 is 1.00 bits per heavy atom. The highest BCUT2D eigenvalue weighted by Crippen LogP contribution is 2.15. The number of carbonyl (C=O) groups is 2. The molecule has 2 aromatic rings. The van der Waals surface area contributed by atoms with Crippen molar-refractivity contribution in [3.8, 4) is 0 Å².